The number of nitrogens with two attached hydrogens (primary N) is 1. The van der Waals surface area contributed by atoms with Crippen molar-refractivity contribution >= 4 is 5.97 Å². The molecule has 0 fully saturated rings. The monoisotopic (exact) mass is 265 g/mol. The molecule has 2 heterocycles. The quantitative estimate of drug-likeness (QED) is 0.818. The summed E-state index contributed by atoms with van der Waals surface area (Å²) in [5, 5.41) is 9.50. The summed E-state index contributed by atoms with van der Waals surface area (Å²) in [6.07, 6.45) is 7.21. The van der Waals surface area contributed by atoms with Gasteiger partial charge in [0.15, 0.2) is 0 Å². The first-order valence-electron chi connectivity index (χ1n) is 7.09. The number of carboxylic acids is 1. The molecular weight excluding hydrogens is 242 g/mol. The van der Waals surface area contributed by atoms with Gasteiger partial charge in [-0.2, -0.15) is 0 Å². The van der Waals surface area contributed by atoms with E-state index >= 15 is 0 Å². The van der Waals surface area contributed by atoms with Crippen LogP contribution in [0.5, 0.6) is 0 Å². The van der Waals surface area contributed by atoms with Crippen molar-refractivity contribution in [3.05, 3.63) is 17.7 Å². The van der Waals surface area contributed by atoms with Crippen LogP contribution in [0.3, 0.4) is 0 Å². The Balaban J connectivity index is 2.21. The van der Waals surface area contributed by atoms with Crippen LogP contribution in [0.1, 0.15) is 44.1 Å². The number of carbonyl (C=O) groups is 1. The lowest BCUT2D eigenvalue weighted by Crippen LogP contribution is -2.40. The third-order valence-electron chi connectivity index (χ3n) is 4.05. The number of aromatic nitrogens is 2. The lowest BCUT2D eigenvalue weighted by Gasteiger charge is -2.26. The molecule has 0 aliphatic carbocycles. The molecule has 0 amide bonds. The van der Waals surface area contributed by atoms with E-state index in [9.17, 15) is 9.90 Å². The molecule has 0 radical (unpaired) electrons. The number of rotatable bonds is 6. The van der Waals surface area contributed by atoms with Crippen molar-refractivity contribution in [2.75, 3.05) is 6.54 Å². The van der Waals surface area contributed by atoms with Crippen LogP contribution in [0.4, 0.5) is 0 Å². The van der Waals surface area contributed by atoms with Gasteiger partial charge in [0.2, 0.25) is 0 Å². The normalized spacial score (nSPS) is 17.8. The van der Waals surface area contributed by atoms with Gasteiger partial charge in [0.1, 0.15) is 5.82 Å². The SMILES string of the molecule is CCCC(CN)(Cc1cn2c(n1)CCCC2)C(=O)O. The molecule has 5 nitrogen and oxygen atoms in total. The Morgan fingerprint density at radius 1 is 1.58 bits per heavy atom. The molecule has 0 aromatic carbocycles. The van der Waals surface area contributed by atoms with Crippen LogP contribution in [0.25, 0.3) is 0 Å². The second kappa shape index (κ2) is 5.74. The number of aliphatic carboxylic acids is 1. The van der Waals surface area contributed by atoms with Crippen molar-refractivity contribution < 1.29 is 9.90 Å². The fourth-order valence-electron chi connectivity index (χ4n) is 2.91. The maximum absolute atomic E-state index is 11.6. The Morgan fingerprint density at radius 3 is 2.95 bits per heavy atom. The highest BCUT2D eigenvalue weighted by Crippen LogP contribution is 2.28. The van der Waals surface area contributed by atoms with Crippen molar-refractivity contribution in [2.24, 2.45) is 11.1 Å². The Hall–Kier alpha value is -1.36. The lowest BCUT2D eigenvalue weighted by atomic mass is 9.79. The Kier molecular flexibility index (Phi) is 4.24. The van der Waals surface area contributed by atoms with Crippen LogP contribution in [0.15, 0.2) is 6.20 Å². The Labute approximate surface area is 113 Å². The Bertz CT molecular complexity index is 432. The zero-order valence-corrected chi connectivity index (χ0v) is 11.6. The minimum atomic E-state index is -0.862. The lowest BCUT2D eigenvalue weighted by molar-refractivity contribution is -0.148. The van der Waals surface area contributed by atoms with E-state index in [-0.39, 0.29) is 6.54 Å². The molecule has 1 aromatic rings. The van der Waals surface area contributed by atoms with Gasteiger partial charge in [0, 0.05) is 32.1 Å². The molecule has 2 rings (SSSR count). The summed E-state index contributed by atoms with van der Waals surface area (Å²) >= 11 is 0. The second-order valence-corrected chi connectivity index (χ2v) is 5.52. The summed E-state index contributed by atoms with van der Waals surface area (Å²) in [6.45, 7) is 3.16. The van der Waals surface area contributed by atoms with Crippen LogP contribution < -0.4 is 5.73 Å². The fraction of sp³-hybridized carbons (Fsp3) is 0.714. The largest absolute Gasteiger partial charge is 0.481 e. The van der Waals surface area contributed by atoms with Crippen molar-refractivity contribution in [2.45, 2.75) is 52.0 Å². The third kappa shape index (κ3) is 2.81. The number of hydrogen-bond acceptors (Lipinski definition) is 3. The maximum Gasteiger partial charge on any atom is 0.311 e. The van der Waals surface area contributed by atoms with E-state index in [1.165, 1.54) is 12.8 Å². The predicted octanol–water partition coefficient (Wildman–Crippen LogP) is 1.59. The zero-order chi connectivity index (χ0) is 13.9. The van der Waals surface area contributed by atoms with Crippen molar-refractivity contribution in [3.8, 4) is 0 Å². The van der Waals surface area contributed by atoms with E-state index in [1.807, 2.05) is 13.1 Å². The molecule has 106 valence electrons. The van der Waals surface area contributed by atoms with Crippen LogP contribution in [-0.4, -0.2) is 27.2 Å². The number of nitrogens with zero attached hydrogens (tertiary/aromatic N) is 2. The van der Waals surface area contributed by atoms with E-state index in [2.05, 4.69) is 9.55 Å². The third-order valence-corrected chi connectivity index (χ3v) is 4.05. The first kappa shape index (κ1) is 14.1. The van der Waals surface area contributed by atoms with Gasteiger partial charge in [0.25, 0.3) is 0 Å². The summed E-state index contributed by atoms with van der Waals surface area (Å²) in [5.41, 5.74) is 5.76. The van der Waals surface area contributed by atoms with Crippen LogP contribution in [0.2, 0.25) is 0 Å². The molecule has 1 aliphatic heterocycles. The standard InChI is InChI=1S/C14H23N3O2/c1-2-6-14(10-15,13(18)19)8-11-9-17-7-4-3-5-12(17)16-11/h9H,2-8,10,15H2,1H3,(H,18,19). The van der Waals surface area contributed by atoms with Gasteiger partial charge in [-0.25, -0.2) is 4.98 Å². The Morgan fingerprint density at radius 2 is 2.37 bits per heavy atom. The van der Waals surface area contributed by atoms with E-state index in [1.54, 1.807) is 0 Å². The first-order valence-corrected chi connectivity index (χ1v) is 7.09. The molecule has 0 bridgehead atoms. The van der Waals surface area contributed by atoms with Gasteiger partial charge in [-0.15, -0.1) is 0 Å². The first-order chi connectivity index (χ1) is 9.11. The summed E-state index contributed by atoms with van der Waals surface area (Å²) < 4.78 is 2.16. The van der Waals surface area contributed by atoms with Gasteiger partial charge >= 0.3 is 5.97 Å². The number of fused-ring (bicyclic) bond motifs is 1. The van der Waals surface area contributed by atoms with Crippen molar-refractivity contribution in [1.29, 1.82) is 0 Å². The van der Waals surface area contributed by atoms with E-state index in [0.717, 1.165) is 30.9 Å². The molecule has 1 aliphatic rings. The summed E-state index contributed by atoms with van der Waals surface area (Å²) in [5.74, 6) is 0.289. The maximum atomic E-state index is 11.6. The molecule has 1 unspecified atom stereocenters. The fourth-order valence-corrected chi connectivity index (χ4v) is 2.91. The summed E-state index contributed by atoms with van der Waals surface area (Å²) in [6, 6.07) is 0. The highest BCUT2D eigenvalue weighted by molar-refractivity contribution is 5.75. The van der Waals surface area contributed by atoms with Gasteiger partial charge in [0.05, 0.1) is 11.1 Å². The van der Waals surface area contributed by atoms with Crippen LogP contribution >= 0.6 is 0 Å². The van der Waals surface area contributed by atoms with Crippen LogP contribution in [-0.2, 0) is 24.2 Å². The molecule has 3 N–H and O–H groups in total. The molecule has 1 atom stereocenters. The predicted molar refractivity (Wildman–Crippen MR) is 72.9 cm³/mol. The average molecular weight is 265 g/mol. The minimum Gasteiger partial charge on any atom is -0.481 e. The topological polar surface area (TPSA) is 81.1 Å². The number of imidazole rings is 1. The number of aryl methyl sites for hydroxylation is 2. The van der Waals surface area contributed by atoms with E-state index in [0.29, 0.717) is 12.8 Å². The highest BCUT2D eigenvalue weighted by atomic mass is 16.4. The van der Waals surface area contributed by atoms with E-state index in [4.69, 9.17) is 5.73 Å². The summed E-state index contributed by atoms with van der Waals surface area (Å²) in [7, 11) is 0. The highest BCUT2D eigenvalue weighted by Gasteiger charge is 2.37. The van der Waals surface area contributed by atoms with Gasteiger partial charge < -0.3 is 15.4 Å². The smallest absolute Gasteiger partial charge is 0.311 e. The molecule has 1 aromatic heterocycles. The molecule has 19 heavy (non-hydrogen) atoms. The molecule has 0 saturated carbocycles. The van der Waals surface area contributed by atoms with Crippen molar-refractivity contribution in [1.82, 2.24) is 9.55 Å². The minimum absolute atomic E-state index is 0.165. The summed E-state index contributed by atoms with van der Waals surface area (Å²) in [4.78, 5) is 16.2. The molecular formula is C14H23N3O2. The zero-order valence-electron chi connectivity index (χ0n) is 11.6. The number of hydrogen-bond donors (Lipinski definition) is 2. The van der Waals surface area contributed by atoms with Gasteiger partial charge in [-0.1, -0.05) is 13.3 Å². The van der Waals surface area contributed by atoms with Crippen molar-refractivity contribution in [3.63, 3.8) is 0 Å². The second-order valence-electron chi connectivity index (χ2n) is 5.52. The molecule has 0 saturated heterocycles. The van der Waals surface area contributed by atoms with Gasteiger partial charge in [-0.05, 0) is 19.3 Å². The van der Waals surface area contributed by atoms with Gasteiger partial charge in [-0.3, -0.25) is 4.79 Å². The van der Waals surface area contributed by atoms with Crippen LogP contribution in [0, 0.1) is 5.41 Å². The van der Waals surface area contributed by atoms with E-state index < -0.39 is 11.4 Å². The number of carboxylic acid groups (broad SMARTS) is 1. The molecule has 0 spiro atoms. The molecule has 5 heteroatoms. The average Bonchev–Trinajstić information content (AvgIpc) is 2.79.